The molecule has 2 aromatic rings. The Morgan fingerprint density at radius 2 is 2.00 bits per heavy atom. The van der Waals surface area contributed by atoms with Crippen molar-refractivity contribution in [3.63, 3.8) is 0 Å². The molecule has 0 saturated heterocycles. The molecule has 4 heteroatoms. The minimum Gasteiger partial charge on any atom is -0.380 e. The van der Waals surface area contributed by atoms with Crippen molar-refractivity contribution in [2.45, 2.75) is 20.4 Å². The largest absolute Gasteiger partial charge is 0.380 e. The smallest absolute Gasteiger partial charge is 0.123 e. The lowest BCUT2D eigenvalue weighted by molar-refractivity contribution is 0.625. The van der Waals surface area contributed by atoms with Crippen LogP contribution >= 0.6 is 15.9 Å². The van der Waals surface area contributed by atoms with E-state index in [1.54, 1.807) is 18.3 Å². The van der Waals surface area contributed by atoms with Crippen LogP contribution in [0.4, 0.5) is 10.1 Å². The lowest BCUT2D eigenvalue weighted by atomic mass is 10.1. The van der Waals surface area contributed by atoms with Gasteiger partial charge in [-0.25, -0.2) is 9.37 Å². The molecule has 18 heavy (non-hydrogen) atoms. The highest BCUT2D eigenvalue weighted by Crippen LogP contribution is 2.18. The summed E-state index contributed by atoms with van der Waals surface area (Å²) in [5.41, 5.74) is 4.02. The van der Waals surface area contributed by atoms with Gasteiger partial charge in [-0.05, 0) is 64.7 Å². The second-order valence-electron chi connectivity index (χ2n) is 4.26. The van der Waals surface area contributed by atoms with Crippen molar-refractivity contribution in [3.8, 4) is 0 Å². The fraction of sp³-hybridized carbons (Fsp3) is 0.214. The molecule has 0 amide bonds. The second-order valence-corrected chi connectivity index (χ2v) is 5.01. The third-order valence-corrected chi connectivity index (χ3v) is 3.64. The first-order chi connectivity index (χ1) is 8.56. The Morgan fingerprint density at radius 3 is 2.72 bits per heavy atom. The molecule has 0 radical (unpaired) electrons. The van der Waals surface area contributed by atoms with Gasteiger partial charge >= 0.3 is 0 Å². The molecule has 0 bridgehead atoms. The third kappa shape index (κ3) is 3.07. The topological polar surface area (TPSA) is 24.9 Å². The zero-order valence-corrected chi connectivity index (χ0v) is 11.9. The number of aromatic nitrogens is 1. The molecule has 1 aromatic carbocycles. The van der Waals surface area contributed by atoms with Crippen molar-refractivity contribution in [1.29, 1.82) is 0 Å². The standard InChI is InChI=1S/C14H14BrFN2/c1-9-3-4-12(16)6-11(9)7-17-13-5-10(2)14(15)18-8-13/h3-6,8,17H,7H2,1-2H3. The molecular formula is C14H14BrFN2. The molecule has 0 unspecified atom stereocenters. The number of pyridine rings is 1. The lowest BCUT2D eigenvalue weighted by Gasteiger charge is -2.10. The van der Waals surface area contributed by atoms with E-state index in [-0.39, 0.29) is 5.82 Å². The molecule has 1 aromatic heterocycles. The number of hydrogen-bond acceptors (Lipinski definition) is 2. The molecule has 0 aliphatic carbocycles. The average Bonchev–Trinajstić information content (AvgIpc) is 2.34. The number of nitrogens with zero attached hydrogens (tertiary/aromatic N) is 1. The third-order valence-electron chi connectivity index (χ3n) is 2.81. The molecule has 0 spiro atoms. The number of halogens is 2. The summed E-state index contributed by atoms with van der Waals surface area (Å²) in [5.74, 6) is -0.206. The molecule has 94 valence electrons. The molecule has 2 rings (SSSR count). The van der Waals surface area contributed by atoms with Gasteiger partial charge in [0.25, 0.3) is 0 Å². The zero-order valence-electron chi connectivity index (χ0n) is 10.3. The van der Waals surface area contributed by atoms with Gasteiger partial charge in [0.15, 0.2) is 0 Å². The second kappa shape index (κ2) is 5.48. The number of rotatable bonds is 3. The van der Waals surface area contributed by atoms with Crippen LogP contribution < -0.4 is 5.32 Å². The van der Waals surface area contributed by atoms with E-state index in [9.17, 15) is 4.39 Å². The van der Waals surface area contributed by atoms with E-state index in [0.717, 1.165) is 27.0 Å². The van der Waals surface area contributed by atoms with Gasteiger partial charge < -0.3 is 5.32 Å². The predicted octanol–water partition coefficient (Wildman–Crippen LogP) is 4.21. The first-order valence-corrected chi connectivity index (χ1v) is 6.46. The molecular weight excluding hydrogens is 295 g/mol. The number of benzene rings is 1. The van der Waals surface area contributed by atoms with Crippen LogP contribution in [-0.4, -0.2) is 4.98 Å². The van der Waals surface area contributed by atoms with Gasteiger partial charge in [0.05, 0.1) is 11.9 Å². The van der Waals surface area contributed by atoms with Crippen molar-refractivity contribution in [2.75, 3.05) is 5.32 Å². The Kier molecular flexibility index (Phi) is 3.97. The summed E-state index contributed by atoms with van der Waals surface area (Å²) < 4.78 is 14.0. The van der Waals surface area contributed by atoms with Gasteiger partial charge in [0.1, 0.15) is 10.4 Å². The van der Waals surface area contributed by atoms with Crippen molar-refractivity contribution in [1.82, 2.24) is 4.98 Å². The lowest BCUT2D eigenvalue weighted by Crippen LogP contribution is -2.02. The normalized spacial score (nSPS) is 10.4. The van der Waals surface area contributed by atoms with E-state index in [1.165, 1.54) is 6.07 Å². The molecule has 0 saturated carbocycles. The Bertz CT molecular complexity index is 570. The molecule has 2 nitrogen and oxygen atoms in total. The maximum absolute atomic E-state index is 13.1. The molecule has 1 heterocycles. The molecule has 0 aliphatic rings. The van der Waals surface area contributed by atoms with E-state index < -0.39 is 0 Å². The van der Waals surface area contributed by atoms with Gasteiger partial charge in [0.2, 0.25) is 0 Å². The fourth-order valence-electron chi connectivity index (χ4n) is 1.68. The van der Waals surface area contributed by atoms with E-state index in [2.05, 4.69) is 26.2 Å². The van der Waals surface area contributed by atoms with Crippen molar-refractivity contribution in [2.24, 2.45) is 0 Å². The monoisotopic (exact) mass is 308 g/mol. The maximum Gasteiger partial charge on any atom is 0.123 e. The summed E-state index contributed by atoms with van der Waals surface area (Å²) in [6.07, 6.45) is 1.76. The number of nitrogens with one attached hydrogen (secondary N) is 1. The number of hydrogen-bond donors (Lipinski definition) is 1. The van der Waals surface area contributed by atoms with Crippen LogP contribution in [0.3, 0.4) is 0 Å². The van der Waals surface area contributed by atoms with Gasteiger partial charge in [-0.3, -0.25) is 0 Å². The Labute approximate surface area is 114 Å². The summed E-state index contributed by atoms with van der Waals surface area (Å²) in [6, 6.07) is 6.83. The van der Waals surface area contributed by atoms with Gasteiger partial charge in [-0.1, -0.05) is 6.07 Å². The molecule has 0 aliphatic heterocycles. The number of aryl methyl sites for hydroxylation is 2. The highest BCUT2D eigenvalue weighted by Gasteiger charge is 2.02. The Morgan fingerprint density at radius 1 is 1.22 bits per heavy atom. The Balaban J connectivity index is 2.11. The minimum absolute atomic E-state index is 0.206. The van der Waals surface area contributed by atoms with E-state index in [1.807, 2.05) is 19.9 Å². The zero-order chi connectivity index (χ0) is 13.1. The first kappa shape index (κ1) is 13.0. The summed E-state index contributed by atoms with van der Waals surface area (Å²) in [6.45, 7) is 4.55. The van der Waals surface area contributed by atoms with Crippen LogP contribution in [0.15, 0.2) is 35.1 Å². The van der Waals surface area contributed by atoms with E-state index >= 15 is 0 Å². The van der Waals surface area contributed by atoms with E-state index in [0.29, 0.717) is 6.54 Å². The van der Waals surface area contributed by atoms with E-state index in [4.69, 9.17) is 0 Å². The molecule has 0 fully saturated rings. The summed E-state index contributed by atoms with van der Waals surface area (Å²) in [5, 5.41) is 3.25. The van der Waals surface area contributed by atoms with Crippen molar-refractivity contribution in [3.05, 3.63) is 57.6 Å². The minimum atomic E-state index is -0.206. The average molecular weight is 309 g/mol. The summed E-state index contributed by atoms with van der Waals surface area (Å²) >= 11 is 3.36. The highest BCUT2D eigenvalue weighted by molar-refractivity contribution is 9.10. The van der Waals surface area contributed by atoms with Crippen molar-refractivity contribution >= 4 is 21.6 Å². The Hall–Kier alpha value is -1.42. The molecule has 1 N–H and O–H groups in total. The van der Waals surface area contributed by atoms with Crippen LogP contribution in [0.25, 0.3) is 0 Å². The quantitative estimate of drug-likeness (QED) is 0.859. The maximum atomic E-state index is 13.1. The van der Waals surface area contributed by atoms with Gasteiger partial charge in [0, 0.05) is 6.54 Å². The summed E-state index contributed by atoms with van der Waals surface area (Å²) in [4.78, 5) is 4.21. The first-order valence-electron chi connectivity index (χ1n) is 5.67. The van der Waals surface area contributed by atoms with Crippen LogP contribution in [0.2, 0.25) is 0 Å². The van der Waals surface area contributed by atoms with Crippen molar-refractivity contribution < 1.29 is 4.39 Å². The predicted molar refractivity (Wildman–Crippen MR) is 75.1 cm³/mol. The summed E-state index contributed by atoms with van der Waals surface area (Å²) in [7, 11) is 0. The van der Waals surface area contributed by atoms with Gasteiger partial charge in [-0.15, -0.1) is 0 Å². The van der Waals surface area contributed by atoms with Crippen LogP contribution in [0.1, 0.15) is 16.7 Å². The fourth-order valence-corrected chi connectivity index (χ4v) is 1.90. The van der Waals surface area contributed by atoms with Crippen LogP contribution in [0.5, 0.6) is 0 Å². The van der Waals surface area contributed by atoms with Crippen LogP contribution in [-0.2, 0) is 6.54 Å². The van der Waals surface area contributed by atoms with Crippen LogP contribution in [0, 0.1) is 19.7 Å². The number of anilines is 1. The van der Waals surface area contributed by atoms with Gasteiger partial charge in [-0.2, -0.15) is 0 Å². The highest BCUT2D eigenvalue weighted by atomic mass is 79.9. The SMILES string of the molecule is Cc1ccc(F)cc1CNc1cnc(Br)c(C)c1. The molecule has 0 atom stereocenters.